The Hall–Kier alpha value is -0.970. The van der Waals surface area contributed by atoms with Crippen molar-refractivity contribution in [1.82, 2.24) is 15.3 Å². The summed E-state index contributed by atoms with van der Waals surface area (Å²) in [5.74, 6) is 1.34. The fourth-order valence-corrected chi connectivity index (χ4v) is 2.25. The molecule has 5 heteroatoms. The fraction of sp³-hybridized carbons (Fsp3) is 0.333. The molecule has 0 atom stereocenters. The van der Waals surface area contributed by atoms with Gasteiger partial charge in [-0.15, -0.1) is 0 Å². The average Bonchev–Trinajstić information content (AvgIpc) is 2.42. The van der Waals surface area contributed by atoms with Crippen molar-refractivity contribution in [3.05, 3.63) is 45.7 Å². The van der Waals surface area contributed by atoms with Gasteiger partial charge in [-0.1, -0.05) is 25.4 Å². The molecule has 0 saturated heterocycles. The van der Waals surface area contributed by atoms with Crippen LogP contribution in [-0.4, -0.2) is 16.5 Å². The van der Waals surface area contributed by atoms with Crippen LogP contribution in [0.3, 0.4) is 0 Å². The topological polar surface area (TPSA) is 37.8 Å². The van der Waals surface area contributed by atoms with Crippen LogP contribution >= 0.6 is 27.5 Å². The van der Waals surface area contributed by atoms with Crippen LogP contribution in [0.1, 0.15) is 19.5 Å². The highest BCUT2D eigenvalue weighted by Crippen LogP contribution is 2.27. The zero-order chi connectivity index (χ0) is 14.5. The third kappa shape index (κ3) is 4.27. The lowest BCUT2D eigenvalue weighted by Gasteiger charge is -2.08. The van der Waals surface area contributed by atoms with Crippen molar-refractivity contribution in [3.8, 4) is 11.4 Å². The molecule has 1 aromatic carbocycles. The Morgan fingerprint density at radius 3 is 2.80 bits per heavy atom. The SMILES string of the molecule is CC(C)CNCc1ccnc(-c2ccc(Cl)c(Br)c2)n1. The standard InChI is InChI=1S/C15H17BrClN3/c1-10(2)8-18-9-12-5-6-19-15(20-12)11-3-4-14(17)13(16)7-11/h3-7,10,18H,8-9H2,1-2H3. The number of benzene rings is 1. The number of nitrogens with zero attached hydrogens (tertiary/aromatic N) is 2. The predicted molar refractivity (Wildman–Crippen MR) is 86.7 cm³/mol. The molecule has 0 fully saturated rings. The molecule has 0 spiro atoms. The molecule has 1 aromatic heterocycles. The van der Waals surface area contributed by atoms with Crippen molar-refractivity contribution in [2.24, 2.45) is 5.92 Å². The summed E-state index contributed by atoms with van der Waals surface area (Å²) in [6.45, 7) is 6.10. The van der Waals surface area contributed by atoms with E-state index in [1.165, 1.54) is 0 Å². The summed E-state index contributed by atoms with van der Waals surface area (Å²) in [5.41, 5.74) is 1.94. The van der Waals surface area contributed by atoms with Gasteiger partial charge in [0.15, 0.2) is 5.82 Å². The van der Waals surface area contributed by atoms with Crippen molar-refractivity contribution < 1.29 is 0 Å². The van der Waals surface area contributed by atoms with Crippen LogP contribution in [0.5, 0.6) is 0 Å². The second-order valence-electron chi connectivity index (χ2n) is 5.03. The molecule has 3 nitrogen and oxygen atoms in total. The zero-order valence-electron chi connectivity index (χ0n) is 11.5. The second-order valence-corrected chi connectivity index (χ2v) is 6.29. The number of hydrogen-bond donors (Lipinski definition) is 1. The monoisotopic (exact) mass is 353 g/mol. The molecule has 0 saturated carbocycles. The molecule has 106 valence electrons. The van der Waals surface area contributed by atoms with Gasteiger partial charge < -0.3 is 5.32 Å². The second kappa shape index (κ2) is 7.16. The number of hydrogen-bond acceptors (Lipinski definition) is 3. The maximum atomic E-state index is 6.00. The maximum Gasteiger partial charge on any atom is 0.159 e. The Labute approximate surface area is 132 Å². The normalized spacial score (nSPS) is 11.1. The number of aromatic nitrogens is 2. The van der Waals surface area contributed by atoms with Crippen molar-refractivity contribution in [1.29, 1.82) is 0 Å². The van der Waals surface area contributed by atoms with Crippen molar-refractivity contribution in [2.45, 2.75) is 20.4 Å². The van der Waals surface area contributed by atoms with E-state index < -0.39 is 0 Å². The van der Waals surface area contributed by atoms with Gasteiger partial charge in [-0.2, -0.15) is 0 Å². The van der Waals surface area contributed by atoms with Gasteiger partial charge in [0.05, 0.1) is 10.7 Å². The predicted octanol–water partition coefficient (Wildman–Crippen LogP) is 4.31. The summed E-state index contributed by atoms with van der Waals surface area (Å²) in [5, 5.41) is 4.06. The van der Waals surface area contributed by atoms with Crippen LogP contribution in [0.15, 0.2) is 34.9 Å². The lowest BCUT2D eigenvalue weighted by molar-refractivity contribution is 0.548. The van der Waals surface area contributed by atoms with E-state index in [1.54, 1.807) is 6.20 Å². The van der Waals surface area contributed by atoms with Gasteiger partial charge in [0.1, 0.15) is 0 Å². The molecule has 0 aliphatic carbocycles. The maximum absolute atomic E-state index is 6.00. The molecule has 0 aliphatic heterocycles. The first-order valence-electron chi connectivity index (χ1n) is 6.54. The largest absolute Gasteiger partial charge is 0.311 e. The van der Waals surface area contributed by atoms with Crippen LogP contribution in [-0.2, 0) is 6.54 Å². The lowest BCUT2D eigenvalue weighted by atomic mass is 10.2. The minimum Gasteiger partial charge on any atom is -0.311 e. The van der Waals surface area contributed by atoms with E-state index in [0.29, 0.717) is 16.8 Å². The van der Waals surface area contributed by atoms with Crippen molar-refractivity contribution in [3.63, 3.8) is 0 Å². The first kappa shape index (κ1) is 15.4. The highest BCUT2D eigenvalue weighted by molar-refractivity contribution is 9.10. The molecule has 1 heterocycles. The Morgan fingerprint density at radius 2 is 2.10 bits per heavy atom. The summed E-state index contributed by atoms with van der Waals surface area (Å²) in [4.78, 5) is 8.89. The first-order chi connectivity index (χ1) is 9.56. The van der Waals surface area contributed by atoms with Gasteiger partial charge in [0, 0.05) is 22.8 Å². The third-order valence-corrected chi connectivity index (χ3v) is 3.96. The van der Waals surface area contributed by atoms with Crippen LogP contribution in [0, 0.1) is 5.92 Å². The van der Waals surface area contributed by atoms with Gasteiger partial charge in [0.2, 0.25) is 0 Å². The lowest BCUT2D eigenvalue weighted by Crippen LogP contribution is -2.19. The number of nitrogens with one attached hydrogen (secondary N) is 1. The molecule has 0 radical (unpaired) electrons. The Bertz CT molecular complexity index is 587. The summed E-state index contributed by atoms with van der Waals surface area (Å²) < 4.78 is 0.851. The number of rotatable bonds is 5. The highest BCUT2D eigenvalue weighted by atomic mass is 79.9. The van der Waals surface area contributed by atoms with Gasteiger partial charge in [0.25, 0.3) is 0 Å². The van der Waals surface area contributed by atoms with Crippen LogP contribution in [0.4, 0.5) is 0 Å². The molecular weight excluding hydrogens is 338 g/mol. The van der Waals surface area contributed by atoms with E-state index in [-0.39, 0.29) is 0 Å². The molecule has 20 heavy (non-hydrogen) atoms. The van der Waals surface area contributed by atoms with Gasteiger partial charge in [-0.05, 0) is 52.7 Å². The van der Waals surface area contributed by atoms with Gasteiger partial charge >= 0.3 is 0 Å². The summed E-state index contributed by atoms with van der Waals surface area (Å²) in [6, 6.07) is 7.63. The third-order valence-electron chi connectivity index (χ3n) is 2.75. The molecule has 2 rings (SSSR count). The smallest absolute Gasteiger partial charge is 0.159 e. The van der Waals surface area contributed by atoms with Gasteiger partial charge in [-0.25, -0.2) is 9.97 Å². The molecule has 1 N–H and O–H groups in total. The quantitative estimate of drug-likeness (QED) is 0.869. The van der Waals surface area contributed by atoms with Crippen LogP contribution in [0.2, 0.25) is 5.02 Å². The Morgan fingerprint density at radius 1 is 1.30 bits per heavy atom. The van der Waals surface area contributed by atoms with Crippen molar-refractivity contribution in [2.75, 3.05) is 6.54 Å². The summed E-state index contributed by atoms with van der Waals surface area (Å²) in [6.07, 6.45) is 1.79. The minimum absolute atomic E-state index is 0.628. The molecule has 0 aliphatic rings. The van der Waals surface area contributed by atoms with Crippen LogP contribution < -0.4 is 5.32 Å². The van der Waals surface area contributed by atoms with E-state index in [0.717, 1.165) is 28.8 Å². The summed E-state index contributed by atoms with van der Waals surface area (Å²) >= 11 is 9.42. The Balaban J connectivity index is 2.14. The van der Waals surface area contributed by atoms with E-state index in [2.05, 4.69) is 45.1 Å². The van der Waals surface area contributed by atoms with E-state index in [9.17, 15) is 0 Å². The minimum atomic E-state index is 0.628. The zero-order valence-corrected chi connectivity index (χ0v) is 13.9. The highest BCUT2D eigenvalue weighted by Gasteiger charge is 2.05. The van der Waals surface area contributed by atoms with E-state index in [1.807, 2.05) is 24.3 Å². The summed E-state index contributed by atoms with van der Waals surface area (Å²) in [7, 11) is 0. The van der Waals surface area contributed by atoms with Crippen LogP contribution in [0.25, 0.3) is 11.4 Å². The van der Waals surface area contributed by atoms with Gasteiger partial charge in [-0.3, -0.25) is 0 Å². The van der Waals surface area contributed by atoms with Crippen molar-refractivity contribution >= 4 is 27.5 Å². The Kier molecular flexibility index (Phi) is 5.52. The van der Waals surface area contributed by atoms with E-state index in [4.69, 9.17) is 11.6 Å². The fourth-order valence-electron chi connectivity index (χ4n) is 1.76. The molecule has 2 aromatic rings. The molecule has 0 amide bonds. The molecule has 0 bridgehead atoms. The number of halogens is 2. The average molecular weight is 355 g/mol. The molecule has 0 unspecified atom stereocenters. The van der Waals surface area contributed by atoms with E-state index >= 15 is 0 Å². The molecular formula is C15H17BrClN3. The first-order valence-corrected chi connectivity index (χ1v) is 7.71.